The Labute approximate surface area is 112 Å². The van der Waals surface area contributed by atoms with E-state index >= 15 is 0 Å². The van der Waals surface area contributed by atoms with Crippen LogP contribution >= 0.6 is 12.2 Å². The zero-order valence-electron chi connectivity index (χ0n) is 10.6. The Hall–Kier alpha value is -1.62. The SMILES string of the molecule is CCCC(C(=O)N(C)c1ccc(O)cc1)C(N)=S. The van der Waals surface area contributed by atoms with Crippen molar-refractivity contribution in [3.63, 3.8) is 0 Å². The Morgan fingerprint density at radius 3 is 2.44 bits per heavy atom. The molecular formula is C13H18N2O2S. The van der Waals surface area contributed by atoms with Crippen LogP contribution in [-0.2, 0) is 4.79 Å². The van der Waals surface area contributed by atoms with Crippen LogP contribution in [0.1, 0.15) is 19.8 Å². The number of amides is 1. The first-order valence-electron chi connectivity index (χ1n) is 5.83. The molecule has 0 aliphatic heterocycles. The molecule has 0 aliphatic carbocycles. The molecule has 5 heteroatoms. The van der Waals surface area contributed by atoms with Crippen LogP contribution < -0.4 is 10.6 Å². The zero-order chi connectivity index (χ0) is 13.7. The third-order valence-electron chi connectivity index (χ3n) is 2.79. The molecule has 0 saturated carbocycles. The number of phenolic OH excluding ortho intramolecular Hbond substituents is 1. The molecule has 0 spiro atoms. The molecule has 0 radical (unpaired) electrons. The van der Waals surface area contributed by atoms with E-state index in [1.165, 1.54) is 17.0 Å². The molecule has 0 saturated heterocycles. The summed E-state index contributed by atoms with van der Waals surface area (Å²) in [5.41, 5.74) is 6.31. The molecule has 18 heavy (non-hydrogen) atoms. The first kappa shape index (κ1) is 14.4. The van der Waals surface area contributed by atoms with Crippen molar-refractivity contribution in [2.24, 2.45) is 11.7 Å². The molecule has 1 aromatic carbocycles. The quantitative estimate of drug-likeness (QED) is 0.801. The molecule has 1 rings (SSSR count). The Kier molecular flexibility index (Phi) is 5.09. The van der Waals surface area contributed by atoms with E-state index in [2.05, 4.69) is 0 Å². The van der Waals surface area contributed by atoms with E-state index in [1.54, 1.807) is 19.2 Å². The molecule has 0 bridgehead atoms. The largest absolute Gasteiger partial charge is 0.508 e. The van der Waals surface area contributed by atoms with Gasteiger partial charge < -0.3 is 15.7 Å². The Balaban J connectivity index is 2.87. The fourth-order valence-corrected chi connectivity index (χ4v) is 1.93. The first-order valence-corrected chi connectivity index (χ1v) is 6.24. The van der Waals surface area contributed by atoms with Gasteiger partial charge in [-0.05, 0) is 30.7 Å². The van der Waals surface area contributed by atoms with Gasteiger partial charge in [-0.1, -0.05) is 25.6 Å². The number of nitrogens with zero attached hydrogens (tertiary/aromatic N) is 1. The maximum absolute atomic E-state index is 12.3. The minimum atomic E-state index is -0.427. The summed E-state index contributed by atoms with van der Waals surface area (Å²) in [7, 11) is 1.68. The normalized spacial score (nSPS) is 11.9. The highest BCUT2D eigenvalue weighted by Crippen LogP contribution is 2.20. The summed E-state index contributed by atoms with van der Waals surface area (Å²) in [5.74, 6) is -0.377. The zero-order valence-corrected chi connectivity index (χ0v) is 11.4. The van der Waals surface area contributed by atoms with Gasteiger partial charge in [-0.15, -0.1) is 0 Å². The Morgan fingerprint density at radius 2 is 2.00 bits per heavy atom. The number of carbonyl (C=O) groups excluding carboxylic acids is 1. The summed E-state index contributed by atoms with van der Waals surface area (Å²) in [4.78, 5) is 14.0. The van der Waals surface area contributed by atoms with Crippen molar-refractivity contribution < 1.29 is 9.90 Å². The molecule has 0 aliphatic rings. The molecule has 0 fully saturated rings. The van der Waals surface area contributed by atoms with Crippen molar-refractivity contribution >= 4 is 28.8 Å². The lowest BCUT2D eigenvalue weighted by atomic mass is 10.0. The first-order chi connectivity index (χ1) is 8.47. The lowest BCUT2D eigenvalue weighted by Gasteiger charge is -2.23. The highest BCUT2D eigenvalue weighted by molar-refractivity contribution is 7.80. The molecule has 3 N–H and O–H groups in total. The van der Waals surface area contributed by atoms with Crippen molar-refractivity contribution in [2.75, 3.05) is 11.9 Å². The number of rotatable bonds is 5. The van der Waals surface area contributed by atoms with Gasteiger partial charge >= 0.3 is 0 Å². The molecule has 0 aromatic heterocycles. The van der Waals surface area contributed by atoms with E-state index in [9.17, 15) is 9.90 Å². The van der Waals surface area contributed by atoms with Gasteiger partial charge in [0.15, 0.2) is 0 Å². The van der Waals surface area contributed by atoms with Crippen LogP contribution in [-0.4, -0.2) is 23.0 Å². The van der Waals surface area contributed by atoms with Gasteiger partial charge in [-0.2, -0.15) is 0 Å². The molecule has 1 aromatic rings. The highest BCUT2D eigenvalue weighted by Gasteiger charge is 2.24. The molecule has 4 nitrogen and oxygen atoms in total. The predicted octanol–water partition coefficient (Wildman–Crippen LogP) is 2.06. The molecule has 1 atom stereocenters. The number of carbonyl (C=O) groups is 1. The summed E-state index contributed by atoms with van der Waals surface area (Å²) in [6.45, 7) is 1.99. The second-order valence-corrected chi connectivity index (χ2v) is 4.63. The van der Waals surface area contributed by atoms with Crippen molar-refractivity contribution in [3.05, 3.63) is 24.3 Å². The van der Waals surface area contributed by atoms with E-state index in [-0.39, 0.29) is 16.6 Å². The fourth-order valence-electron chi connectivity index (χ4n) is 1.71. The van der Waals surface area contributed by atoms with Gasteiger partial charge in [0.2, 0.25) is 5.91 Å². The number of benzene rings is 1. The van der Waals surface area contributed by atoms with Crippen molar-refractivity contribution in [3.8, 4) is 5.75 Å². The standard InChI is InChI=1S/C13H18N2O2S/c1-3-4-11(12(14)18)13(17)15(2)9-5-7-10(16)8-6-9/h5-8,11,16H,3-4H2,1-2H3,(H2,14,18). The number of hydrogen-bond acceptors (Lipinski definition) is 3. The average Bonchev–Trinajstić information content (AvgIpc) is 2.35. The van der Waals surface area contributed by atoms with Gasteiger partial charge in [0.25, 0.3) is 0 Å². The second-order valence-electron chi connectivity index (χ2n) is 4.16. The lowest BCUT2D eigenvalue weighted by Crippen LogP contribution is -2.39. The van der Waals surface area contributed by atoms with Gasteiger partial charge in [0, 0.05) is 12.7 Å². The molecule has 1 amide bonds. The summed E-state index contributed by atoms with van der Waals surface area (Å²) in [6, 6.07) is 6.43. The van der Waals surface area contributed by atoms with Gasteiger partial charge in [0.05, 0.1) is 10.9 Å². The van der Waals surface area contributed by atoms with E-state index < -0.39 is 5.92 Å². The molecular weight excluding hydrogens is 248 g/mol. The number of aromatic hydroxyl groups is 1. The van der Waals surface area contributed by atoms with Crippen LogP contribution in [0, 0.1) is 5.92 Å². The summed E-state index contributed by atoms with van der Waals surface area (Å²) < 4.78 is 0. The summed E-state index contributed by atoms with van der Waals surface area (Å²) in [6.07, 6.45) is 1.49. The third-order valence-corrected chi connectivity index (χ3v) is 3.07. The Morgan fingerprint density at radius 1 is 1.44 bits per heavy atom. The van der Waals surface area contributed by atoms with Crippen LogP contribution in [0.25, 0.3) is 0 Å². The summed E-state index contributed by atoms with van der Waals surface area (Å²) >= 11 is 4.94. The minimum Gasteiger partial charge on any atom is -0.508 e. The number of nitrogens with two attached hydrogens (primary N) is 1. The minimum absolute atomic E-state index is 0.116. The highest BCUT2D eigenvalue weighted by atomic mass is 32.1. The summed E-state index contributed by atoms with van der Waals surface area (Å²) in [5, 5.41) is 9.21. The van der Waals surface area contributed by atoms with E-state index in [0.717, 1.165) is 6.42 Å². The van der Waals surface area contributed by atoms with Gasteiger partial charge in [-0.25, -0.2) is 0 Å². The van der Waals surface area contributed by atoms with Gasteiger partial charge in [0.1, 0.15) is 5.75 Å². The maximum atomic E-state index is 12.3. The van der Waals surface area contributed by atoms with Crippen LogP contribution in [0.4, 0.5) is 5.69 Å². The number of phenols is 1. The monoisotopic (exact) mass is 266 g/mol. The van der Waals surface area contributed by atoms with Crippen LogP contribution in [0.2, 0.25) is 0 Å². The van der Waals surface area contributed by atoms with Crippen LogP contribution in [0.3, 0.4) is 0 Å². The van der Waals surface area contributed by atoms with Crippen LogP contribution in [0.15, 0.2) is 24.3 Å². The lowest BCUT2D eigenvalue weighted by molar-refractivity contribution is -0.120. The van der Waals surface area contributed by atoms with Crippen LogP contribution in [0.5, 0.6) is 5.75 Å². The molecule has 0 heterocycles. The van der Waals surface area contributed by atoms with Crippen molar-refractivity contribution in [2.45, 2.75) is 19.8 Å². The maximum Gasteiger partial charge on any atom is 0.236 e. The average molecular weight is 266 g/mol. The smallest absolute Gasteiger partial charge is 0.236 e. The van der Waals surface area contributed by atoms with Gasteiger partial charge in [-0.3, -0.25) is 4.79 Å². The number of thiocarbonyl (C=S) groups is 1. The molecule has 98 valence electrons. The Bertz CT molecular complexity index is 431. The van der Waals surface area contributed by atoms with E-state index in [4.69, 9.17) is 18.0 Å². The third kappa shape index (κ3) is 3.43. The predicted molar refractivity (Wildman–Crippen MR) is 76.7 cm³/mol. The van der Waals surface area contributed by atoms with E-state index in [0.29, 0.717) is 12.1 Å². The second kappa shape index (κ2) is 6.35. The molecule has 1 unspecified atom stereocenters. The fraction of sp³-hybridized carbons (Fsp3) is 0.385. The number of hydrogen-bond donors (Lipinski definition) is 2. The van der Waals surface area contributed by atoms with Crippen molar-refractivity contribution in [1.29, 1.82) is 0 Å². The number of anilines is 1. The van der Waals surface area contributed by atoms with Crippen molar-refractivity contribution in [1.82, 2.24) is 0 Å². The topological polar surface area (TPSA) is 66.6 Å². The van der Waals surface area contributed by atoms with E-state index in [1.807, 2.05) is 6.92 Å².